The first kappa shape index (κ1) is 15.5. The van der Waals surface area contributed by atoms with Crippen LogP contribution in [0.25, 0.3) is 0 Å². The Kier molecular flexibility index (Phi) is 5.31. The Morgan fingerprint density at radius 3 is 2.52 bits per heavy atom. The van der Waals surface area contributed by atoms with Gasteiger partial charge in [-0.15, -0.1) is 0 Å². The van der Waals surface area contributed by atoms with Crippen LogP contribution in [0, 0.1) is 0 Å². The van der Waals surface area contributed by atoms with Crippen molar-refractivity contribution in [3.8, 4) is 11.5 Å². The third-order valence-electron chi connectivity index (χ3n) is 3.20. The fourth-order valence-corrected chi connectivity index (χ4v) is 2.29. The van der Waals surface area contributed by atoms with Gasteiger partial charge in [-0.1, -0.05) is 23.7 Å². The molecule has 0 aliphatic heterocycles. The number of aliphatic hydroxyl groups is 1. The smallest absolute Gasteiger partial charge is 0.124 e. The lowest BCUT2D eigenvalue weighted by molar-refractivity contribution is 0.272. The van der Waals surface area contributed by atoms with Gasteiger partial charge in [-0.2, -0.15) is 0 Å². The minimum atomic E-state index is -0.352. The van der Waals surface area contributed by atoms with Crippen LogP contribution in [0.4, 0.5) is 5.69 Å². The maximum atomic E-state index is 9.71. The maximum Gasteiger partial charge on any atom is 0.124 e. The van der Waals surface area contributed by atoms with Crippen LogP contribution >= 0.6 is 11.6 Å². The van der Waals surface area contributed by atoms with Crippen LogP contribution in [0.3, 0.4) is 0 Å². The Balaban J connectivity index is 2.34. The summed E-state index contributed by atoms with van der Waals surface area (Å²) in [6.45, 7) is -0.102. The number of rotatable bonds is 6. The molecule has 0 aliphatic carbocycles. The van der Waals surface area contributed by atoms with Crippen LogP contribution in [-0.4, -0.2) is 25.9 Å². The molecule has 0 spiro atoms. The number of aliphatic hydroxyl groups excluding tert-OH is 1. The average Bonchev–Trinajstić information content (AvgIpc) is 2.53. The number of benzene rings is 2. The fourth-order valence-electron chi connectivity index (χ4n) is 2.10. The molecule has 2 aromatic carbocycles. The summed E-state index contributed by atoms with van der Waals surface area (Å²) in [7, 11) is 3.19. The molecule has 1 atom stereocenters. The van der Waals surface area contributed by atoms with Crippen LogP contribution in [0.2, 0.25) is 5.02 Å². The van der Waals surface area contributed by atoms with Gasteiger partial charge in [0, 0.05) is 5.56 Å². The van der Waals surface area contributed by atoms with Crippen LogP contribution in [-0.2, 0) is 0 Å². The Morgan fingerprint density at radius 1 is 1.14 bits per heavy atom. The van der Waals surface area contributed by atoms with Crippen LogP contribution in [0.15, 0.2) is 42.5 Å². The van der Waals surface area contributed by atoms with Crippen molar-refractivity contribution in [1.82, 2.24) is 0 Å². The lowest BCUT2D eigenvalue weighted by Gasteiger charge is -2.21. The quantitative estimate of drug-likeness (QED) is 0.857. The molecule has 0 bridgehead atoms. The van der Waals surface area contributed by atoms with Crippen LogP contribution in [0.5, 0.6) is 11.5 Å². The number of halogens is 1. The molecule has 2 N–H and O–H groups in total. The molecule has 21 heavy (non-hydrogen) atoms. The predicted molar refractivity (Wildman–Crippen MR) is 84.4 cm³/mol. The number of nitrogens with one attached hydrogen (secondary N) is 1. The zero-order valence-electron chi connectivity index (χ0n) is 12.0. The monoisotopic (exact) mass is 307 g/mol. The van der Waals surface area contributed by atoms with E-state index in [1.165, 1.54) is 0 Å². The van der Waals surface area contributed by atoms with Gasteiger partial charge in [0.15, 0.2) is 0 Å². The predicted octanol–water partition coefficient (Wildman–Crippen LogP) is 3.50. The molecule has 1 unspecified atom stereocenters. The van der Waals surface area contributed by atoms with Gasteiger partial charge in [0.25, 0.3) is 0 Å². The van der Waals surface area contributed by atoms with E-state index in [4.69, 9.17) is 21.1 Å². The second-order valence-corrected chi connectivity index (χ2v) is 4.87. The second kappa shape index (κ2) is 7.20. The van der Waals surface area contributed by atoms with Crippen molar-refractivity contribution >= 4 is 17.3 Å². The Bertz CT molecular complexity index is 604. The molecule has 0 radical (unpaired) electrons. The van der Waals surface area contributed by atoms with Crippen LogP contribution < -0.4 is 14.8 Å². The van der Waals surface area contributed by atoms with Gasteiger partial charge < -0.3 is 19.9 Å². The van der Waals surface area contributed by atoms with Crippen molar-refractivity contribution in [2.45, 2.75) is 6.04 Å². The summed E-state index contributed by atoms with van der Waals surface area (Å²) in [6, 6.07) is 12.5. The van der Waals surface area contributed by atoms with E-state index in [1.54, 1.807) is 20.3 Å². The number of hydrogen-bond donors (Lipinski definition) is 2. The molecule has 4 nitrogen and oxygen atoms in total. The first-order valence-corrected chi connectivity index (χ1v) is 6.91. The number of ether oxygens (including phenoxy) is 2. The Labute approximate surface area is 129 Å². The lowest BCUT2D eigenvalue weighted by Crippen LogP contribution is -2.16. The first-order valence-electron chi connectivity index (χ1n) is 6.53. The highest BCUT2D eigenvalue weighted by molar-refractivity contribution is 6.33. The first-order chi connectivity index (χ1) is 10.2. The van der Waals surface area contributed by atoms with Gasteiger partial charge in [0.2, 0.25) is 0 Å². The molecule has 112 valence electrons. The van der Waals surface area contributed by atoms with E-state index >= 15 is 0 Å². The van der Waals surface area contributed by atoms with Crippen molar-refractivity contribution in [3.63, 3.8) is 0 Å². The molecule has 0 aromatic heterocycles. The SMILES string of the molecule is COc1ccc(OC)c(C(CO)Nc2ccccc2Cl)c1. The van der Waals surface area contributed by atoms with E-state index in [-0.39, 0.29) is 12.6 Å². The van der Waals surface area contributed by atoms with Gasteiger partial charge in [-0.3, -0.25) is 0 Å². The standard InChI is InChI=1S/C16H18ClNO3/c1-20-11-7-8-16(21-2)12(9-11)15(10-19)18-14-6-4-3-5-13(14)17/h3-9,15,18-19H,10H2,1-2H3. The van der Waals surface area contributed by atoms with E-state index in [1.807, 2.05) is 36.4 Å². The van der Waals surface area contributed by atoms with Crippen molar-refractivity contribution in [1.29, 1.82) is 0 Å². The lowest BCUT2D eigenvalue weighted by atomic mass is 10.1. The zero-order chi connectivity index (χ0) is 15.2. The largest absolute Gasteiger partial charge is 0.497 e. The molecule has 0 saturated heterocycles. The number of anilines is 1. The number of para-hydroxylation sites is 1. The van der Waals surface area contributed by atoms with Crippen LogP contribution in [0.1, 0.15) is 11.6 Å². The van der Waals surface area contributed by atoms with Crippen molar-refractivity contribution in [2.75, 3.05) is 26.1 Å². The van der Waals surface area contributed by atoms with Gasteiger partial charge in [-0.05, 0) is 30.3 Å². The third kappa shape index (κ3) is 3.60. The summed E-state index contributed by atoms with van der Waals surface area (Å²) >= 11 is 6.14. The molecule has 0 fully saturated rings. The second-order valence-electron chi connectivity index (χ2n) is 4.47. The van der Waals surface area contributed by atoms with Gasteiger partial charge in [0.05, 0.1) is 37.6 Å². The minimum Gasteiger partial charge on any atom is -0.497 e. The summed E-state index contributed by atoms with van der Waals surface area (Å²) in [5, 5.41) is 13.5. The molecular weight excluding hydrogens is 290 g/mol. The highest BCUT2D eigenvalue weighted by Gasteiger charge is 2.17. The molecular formula is C16H18ClNO3. The van der Waals surface area contributed by atoms with E-state index < -0.39 is 0 Å². The fraction of sp³-hybridized carbons (Fsp3) is 0.250. The topological polar surface area (TPSA) is 50.7 Å². The zero-order valence-corrected chi connectivity index (χ0v) is 12.7. The molecule has 5 heteroatoms. The molecule has 2 aromatic rings. The number of methoxy groups -OCH3 is 2. The summed E-state index contributed by atoms with van der Waals surface area (Å²) < 4.78 is 10.6. The Morgan fingerprint density at radius 2 is 1.90 bits per heavy atom. The summed E-state index contributed by atoms with van der Waals surface area (Å²) in [5.74, 6) is 1.37. The molecule has 0 saturated carbocycles. The average molecular weight is 308 g/mol. The van der Waals surface area contributed by atoms with E-state index in [9.17, 15) is 5.11 Å². The van der Waals surface area contributed by atoms with E-state index in [2.05, 4.69) is 5.32 Å². The van der Waals surface area contributed by atoms with Crippen molar-refractivity contribution in [3.05, 3.63) is 53.1 Å². The van der Waals surface area contributed by atoms with Crippen molar-refractivity contribution in [2.24, 2.45) is 0 Å². The summed E-state index contributed by atoms with van der Waals surface area (Å²) in [4.78, 5) is 0. The molecule has 2 rings (SSSR count). The number of hydrogen-bond acceptors (Lipinski definition) is 4. The highest BCUT2D eigenvalue weighted by atomic mass is 35.5. The van der Waals surface area contributed by atoms with E-state index in [0.29, 0.717) is 16.5 Å². The molecule has 0 amide bonds. The van der Waals surface area contributed by atoms with Gasteiger partial charge >= 0.3 is 0 Å². The third-order valence-corrected chi connectivity index (χ3v) is 3.53. The van der Waals surface area contributed by atoms with Gasteiger partial charge in [-0.25, -0.2) is 0 Å². The molecule has 0 heterocycles. The van der Waals surface area contributed by atoms with E-state index in [0.717, 1.165) is 11.3 Å². The summed E-state index contributed by atoms with van der Waals surface area (Å²) in [6.07, 6.45) is 0. The maximum absolute atomic E-state index is 9.71. The van der Waals surface area contributed by atoms with Crippen molar-refractivity contribution < 1.29 is 14.6 Å². The minimum absolute atomic E-state index is 0.102. The summed E-state index contributed by atoms with van der Waals surface area (Å²) in [5.41, 5.74) is 1.56. The Hall–Kier alpha value is -1.91. The molecule has 0 aliphatic rings. The normalized spacial score (nSPS) is 11.8. The highest BCUT2D eigenvalue weighted by Crippen LogP contribution is 2.33. The van der Waals surface area contributed by atoms with Gasteiger partial charge in [0.1, 0.15) is 11.5 Å².